The quantitative estimate of drug-likeness (QED) is 0.767. The average Bonchev–Trinajstić information content (AvgIpc) is 2.73. The van der Waals surface area contributed by atoms with E-state index in [1.54, 1.807) is 0 Å². The van der Waals surface area contributed by atoms with Gasteiger partial charge in [0.25, 0.3) is 0 Å². The molecule has 1 aliphatic rings. The van der Waals surface area contributed by atoms with Gasteiger partial charge in [0.15, 0.2) is 0 Å². The standard InChI is InChI=1S/C10H18N4/c1-8-12-9(2)14(13-8)10(7-11)5-3-4-6-10/h3-7,11H2,1-2H3. The van der Waals surface area contributed by atoms with Crippen LogP contribution in [0.25, 0.3) is 0 Å². The molecule has 1 aromatic rings. The largest absolute Gasteiger partial charge is 0.328 e. The third-order valence-electron chi connectivity index (χ3n) is 3.24. The summed E-state index contributed by atoms with van der Waals surface area (Å²) in [4.78, 5) is 4.34. The van der Waals surface area contributed by atoms with Crippen molar-refractivity contribution in [3.8, 4) is 0 Å². The highest BCUT2D eigenvalue weighted by molar-refractivity contribution is 4.99. The molecule has 0 spiro atoms. The highest BCUT2D eigenvalue weighted by Gasteiger charge is 2.36. The molecule has 4 nitrogen and oxygen atoms in total. The molecule has 1 aliphatic carbocycles. The number of hydrogen-bond donors (Lipinski definition) is 1. The van der Waals surface area contributed by atoms with Crippen molar-refractivity contribution in [3.05, 3.63) is 11.6 Å². The Labute approximate surface area is 84.5 Å². The summed E-state index contributed by atoms with van der Waals surface area (Å²) in [6.45, 7) is 4.62. The second kappa shape index (κ2) is 3.35. The highest BCUT2D eigenvalue weighted by atomic mass is 15.4. The van der Waals surface area contributed by atoms with Gasteiger partial charge in [0.2, 0.25) is 0 Å². The maximum Gasteiger partial charge on any atom is 0.147 e. The van der Waals surface area contributed by atoms with Crippen LogP contribution in [0.3, 0.4) is 0 Å². The average molecular weight is 194 g/mol. The fourth-order valence-corrected chi connectivity index (χ4v) is 2.51. The first-order valence-corrected chi connectivity index (χ1v) is 5.29. The normalized spacial score (nSPS) is 20.2. The summed E-state index contributed by atoms with van der Waals surface area (Å²) in [6, 6.07) is 0. The van der Waals surface area contributed by atoms with Crippen LogP contribution in [0, 0.1) is 13.8 Å². The maximum absolute atomic E-state index is 5.89. The molecule has 0 radical (unpaired) electrons. The van der Waals surface area contributed by atoms with E-state index in [1.807, 2.05) is 13.8 Å². The van der Waals surface area contributed by atoms with E-state index in [2.05, 4.69) is 14.8 Å². The Morgan fingerprint density at radius 1 is 1.36 bits per heavy atom. The summed E-state index contributed by atoms with van der Waals surface area (Å²) < 4.78 is 2.05. The van der Waals surface area contributed by atoms with E-state index in [4.69, 9.17) is 5.73 Å². The number of hydrogen-bond acceptors (Lipinski definition) is 3. The Balaban J connectivity index is 2.40. The van der Waals surface area contributed by atoms with Crippen LogP contribution in [0.15, 0.2) is 0 Å². The molecule has 1 fully saturated rings. The number of aryl methyl sites for hydroxylation is 2. The van der Waals surface area contributed by atoms with Crippen LogP contribution < -0.4 is 5.73 Å². The summed E-state index contributed by atoms with van der Waals surface area (Å²) in [6.07, 6.45) is 4.81. The summed E-state index contributed by atoms with van der Waals surface area (Å²) in [5, 5.41) is 4.46. The molecule has 78 valence electrons. The lowest BCUT2D eigenvalue weighted by molar-refractivity contribution is 0.266. The van der Waals surface area contributed by atoms with Crippen LogP contribution in [0.5, 0.6) is 0 Å². The molecule has 0 saturated heterocycles. The Morgan fingerprint density at radius 2 is 2.00 bits per heavy atom. The van der Waals surface area contributed by atoms with Crippen molar-refractivity contribution in [2.75, 3.05) is 6.54 Å². The monoisotopic (exact) mass is 194 g/mol. The topological polar surface area (TPSA) is 56.7 Å². The van der Waals surface area contributed by atoms with Gasteiger partial charge >= 0.3 is 0 Å². The van der Waals surface area contributed by atoms with Crippen LogP contribution in [-0.4, -0.2) is 21.3 Å². The molecular weight excluding hydrogens is 176 g/mol. The van der Waals surface area contributed by atoms with Gasteiger partial charge in [-0.3, -0.25) is 0 Å². The predicted molar refractivity (Wildman–Crippen MR) is 55.0 cm³/mol. The van der Waals surface area contributed by atoms with E-state index < -0.39 is 0 Å². The molecule has 0 unspecified atom stereocenters. The number of aromatic nitrogens is 3. The van der Waals surface area contributed by atoms with E-state index in [1.165, 1.54) is 12.8 Å². The molecule has 0 atom stereocenters. The van der Waals surface area contributed by atoms with Crippen molar-refractivity contribution in [2.45, 2.75) is 45.1 Å². The van der Waals surface area contributed by atoms with Gasteiger partial charge in [0, 0.05) is 6.54 Å². The van der Waals surface area contributed by atoms with Crippen LogP contribution >= 0.6 is 0 Å². The van der Waals surface area contributed by atoms with Gasteiger partial charge in [0.05, 0.1) is 5.54 Å². The van der Waals surface area contributed by atoms with E-state index in [0.717, 1.165) is 24.5 Å². The van der Waals surface area contributed by atoms with Crippen LogP contribution in [-0.2, 0) is 5.54 Å². The van der Waals surface area contributed by atoms with Crippen LogP contribution in [0.4, 0.5) is 0 Å². The smallest absolute Gasteiger partial charge is 0.147 e. The predicted octanol–water partition coefficient (Wildman–Crippen LogP) is 1.12. The Bertz CT molecular complexity index is 323. The summed E-state index contributed by atoms with van der Waals surface area (Å²) in [5.74, 6) is 1.84. The summed E-state index contributed by atoms with van der Waals surface area (Å²) >= 11 is 0. The first-order chi connectivity index (χ1) is 6.68. The number of nitrogens with zero attached hydrogens (tertiary/aromatic N) is 3. The minimum Gasteiger partial charge on any atom is -0.328 e. The molecule has 1 aromatic heterocycles. The van der Waals surface area contributed by atoms with Crippen LogP contribution in [0.1, 0.15) is 37.3 Å². The fourth-order valence-electron chi connectivity index (χ4n) is 2.51. The fraction of sp³-hybridized carbons (Fsp3) is 0.800. The van der Waals surface area contributed by atoms with Gasteiger partial charge in [-0.05, 0) is 26.7 Å². The second-order valence-electron chi connectivity index (χ2n) is 4.25. The molecule has 1 saturated carbocycles. The molecular formula is C10H18N4. The van der Waals surface area contributed by atoms with Gasteiger partial charge in [-0.1, -0.05) is 12.8 Å². The molecule has 0 bridgehead atoms. The Hall–Kier alpha value is -0.900. The van der Waals surface area contributed by atoms with Crippen molar-refractivity contribution in [1.82, 2.24) is 14.8 Å². The summed E-state index contributed by atoms with van der Waals surface area (Å²) in [7, 11) is 0. The van der Waals surface area contributed by atoms with Gasteiger partial charge in [-0.2, -0.15) is 5.10 Å². The summed E-state index contributed by atoms with van der Waals surface area (Å²) in [5.41, 5.74) is 5.95. The third-order valence-corrected chi connectivity index (χ3v) is 3.24. The van der Waals surface area contributed by atoms with E-state index in [-0.39, 0.29) is 5.54 Å². The number of nitrogens with two attached hydrogens (primary N) is 1. The molecule has 0 aliphatic heterocycles. The van der Waals surface area contributed by atoms with Crippen molar-refractivity contribution in [2.24, 2.45) is 5.73 Å². The van der Waals surface area contributed by atoms with Crippen LogP contribution in [0.2, 0.25) is 0 Å². The molecule has 0 amide bonds. The van der Waals surface area contributed by atoms with Gasteiger partial charge in [0.1, 0.15) is 11.6 Å². The lowest BCUT2D eigenvalue weighted by Gasteiger charge is -2.28. The van der Waals surface area contributed by atoms with E-state index in [0.29, 0.717) is 6.54 Å². The highest BCUT2D eigenvalue weighted by Crippen LogP contribution is 2.35. The van der Waals surface area contributed by atoms with Gasteiger partial charge in [-0.25, -0.2) is 9.67 Å². The molecule has 1 heterocycles. The van der Waals surface area contributed by atoms with Gasteiger partial charge < -0.3 is 5.73 Å². The van der Waals surface area contributed by atoms with Gasteiger partial charge in [-0.15, -0.1) is 0 Å². The lowest BCUT2D eigenvalue weighted by atomic mass is 9.98. The number of rotatable bonds is 2. The first kappa shape index (κ1) is 9.65. The van der Waals surface area contributed by atoms with Crippen molar-refractivity contribution in [3.63, 3.8) is 0 Å². The van der Waals surface area contributed by atoms with E-state index in [9.17, 15) is 0 Å². The Kier molecular flexibility index (Phi) is 2.31. The molecule has 4 heteroatoms. The minimum absolute atomic E-state index is 0.0609. The SMILES string of the molecule is Cc1nc(C)n(C2(CN)CCCC2)n1. The Morgan fingerprint density at radius 3 is 2.43 bits per heavy atom. The van der Waals surface area contributed by atoms with Crippen molar-refractivity contribution in [1.29, 1.82) is 0 Å². The molecule has 14 heavy (non-hydrogen) atoms. The van der Waals surface area contributed by atoms with Crippen molar-refractivity contribution >= 4 is 0 Å². The first-order valence-electron chi connectivity index (χ1n) is 5.29. The molecule has 0 aromatic carbocycles. The second-order valence-corrected chi connectivity index (χ2v) is 4.25. The zero-order chi connectivity index (χ0) is 10.2. The maximum atomic E-state index is 5.89. The molecule has 2 rings (SSSR count). The zero-order valence-corrected chi connectivity index (χ0v) is 8.95. The molecule has 2 N–H and O–H groups in total. The zero-order valence-electron chi connectivity index (χ0n) is 8.95. The lowest BCUT2D eigenvalue weighted by Crippen LogP contribution is -2.40. The van der Waals surface area contributed by atoms with Crippen molar-refractivity contribution < 1.29 is 0 Å². The minimum atomic E-state index is 0.0609. The van der Waals surface area contributed by atoms with E-state index >= 15 is 0 Å². The third kappa shape index (κ3) is 1.34.